The van der Waals surface area contributed by atoms with Crippen LogP contribution in [0.3, 0.4) is 0 Å². The zero-order valence-corrected chi connectivity index (χ0v) is 24.6. The summed E-state index contributed by atoms with van der Waals surface area (Å²) in [7, 11) is 4.15. The average Bonchev–Trinajstić information content (AvgIpc) is 3.30. The van der Waals surface area contributed by atoms with Crippen LogP contribution >= 0.6 is 23.4 Å². The third kappa shape index (κ3) is 5.69. The number of hydrogen-bond donors (Lipinski definition) is 2. The first kappa shape index (κ1) is 28.4. The van der Waals surface area contributed by atoms with Crippen molar-refractivity contribution >= 4 is 29.3 Å². The summed E-state index contributed by atoms with van der Waals surface area (Å²) in [5.41, 5.74) is 1.91. The summed E-state index contributed by atoms with van der Waals surface area (Å²) in [5.74, 6) is 1.04. The molecule has 10 heteroatoms. The number of likely N-dealkylation sites (N-methyl/N-ethyl adjacent to an activating group) is 1. The Balaban J connectivity index is 1.29. The molecule has 3 fully saturated rings. The van der Waals surface area contributed by atoms with Gasteiger partial charge < -0.3 is 20.1 Å². The zero-order valence-electron chi connectivity index (χ0n) is 23.1. The number of thioether (sulfide) groups is 1. The van der Waals surface area contributed by atoms with E-state index >= 15 is 0 Å². The molecule has 0 amide bonds. The first-order valence-corrected chi connectivity index (χ1v) is 15.7. The molecule has 0 aromatic carbocycles. The number of hydrogen-bond acceptors (Lipinski definition) is 7. The molecule has 2 N–H and O–H groups in total. The number of nitrogens with zero attached hydrogens (tertiary/aromatic N) is 3. The summed E-state index contributed by atoms with van der Waals surface area (Å²) in [6.45, 7) is 5.05. The number of halogens is 1. The summed E-state index contributed by atoms with van der Waals surface area (Å²) in [6, 6.07) is 0.643. The molecule has 0 spiro atoms. The van der Waals surface area contributed by atoms with Crippen molar-refractivity contribution in [1.82, 2.24) is 19.8 Å². The Morgan fingerprint density at radius 1 is 1.26 bits per heavy atom. The molecular formula is C28H43ClN4O4S. The van der Waals surface area contributed by atoms with Gasteiger partial charge >= 0.3 is 5.97 Å². The summed E-state index contributed by atoms with van der Waals surface area (Å²) in [4.78, 5) is 32.4. The fourth-order valence-electron chi connectivity index (χ4n) is 7.42. The molecule has 3 heterocycles. The molecule has 4 aliphatic rings. The summed E-state index contributed by atoms with van der Waals surface area (Å²) in [5, 5.41) is 13.8. The number of nitrogens with one attached hydrogen (secondary N) is 1. The third-order valence-corrected chi connectivity index (χ3v) is 11.5. The molecule has 1 aromatic rings. The van der Waals surface area contributed by atoms with Crippen molar-refractivity contribution in [2.75, 3.05) is 26.5 Å². The highest BCUT2D eigenvalue weighted by Gasteiger charge is 2.51. The van der Waals surface area contributed by atoms with Gasteiger partial charge in [-0.05, 0) is 84.7 Å². The van der Waals surface area contributed by atoms with E-state index in [1.165, 1.54) is 0 Å². The van der Waals surface area contributed by atoms with E-state index in [0.29, 0.717) is 36.8 Å². The Labute approximate surface area is 235 Å². The lowest BCUT2D eigenvalue weighted by Gasteiger charge is -2.47. The van der Waals surface area contributed by atoms with Crippen LogP contribution in [0, 0.1) is 24.7 Å². The Hall–Kier alpha value is -1.13. The fraction of sp³-hybridized carbons (Fsp3) is 0.821. The van der Waals surface area contributed by atoms with Crippen LogP contribution in [0.2, 0.25) is 0 Å². The molecular weight excluding hydrogens is 524 g/mol. The van der Waals surface area contributed by atoms with Gasteiger partial charge in [0.05, 0.1) is 30.9 Å². The first-order valence-electron chi connectivity index (χ1n) is 14.3. The summed E-state index contributed by atoms with van der Waals surface area (Å²) < 4.78 is 8.37. The normalized spacial score (nSPS) is 37.2. The predicted molar refractivity (Wildman–Crippen MR) is 151 cm³/mol. The van der Waals surface area contributed by atoms with Crippen molar-refractivity contribution in [2.24, 2.45) is 17.8 Å². The second-order valence-electron chi connectivity index (χ2n) is 12.1. The molecule has 2 aliphatic carbocycles. The number of aliphatic carboxylic acids is 1. The van der Waals surface area contributed by atoms with E-state index in [1.807, 2.05) is 18.7 Å². The van der Waals surface area contributed by atoms with Crippen molar-refractivity contribution in [3.63, 3.8) is 0 Å². The van der Waals surface area contributed by atoms with Crippen LogP contribution in [-0.2, 0) is 28.9 Å². The molecule has 1 aromatic heterocycles. The van der Waals surface area contributed by atoms with E-state index in [9.17, 15) is 14.7 Å². The third-order valence-electron chi connectivity index (χ3n) is 9.49. The van der Waals surface area contributed by atoms with Gasteiger partial charge in [0.1, 0.15) is 5.82 Å². The van der Waals surface area contributed by atoms with E-state index in [-0.39, 0.29) is 40.3 Å². The molecule has 5 rings (SSSR count). The molecule has 0 radical (unpaired) electrons. The van der Waals surface area contributed by atoms with Crippen LogP contribution in [0.1, 0.15) is 56.1 Å². The summed E-state index contributed by atoms with van der Waals surface area (Å²) >= 11 is 8.51. The lowest BCUT2D eigenvalue weighted by Crippen LogP contribution is -2.57. The Bertz CT molecular complexity index is 1080. The Morgan fingerprint density at radius 3 is 2.79 bits per heavy atom. The molecule has 8 unspecified atom stereocenters. The molecule has 8 nitrogen and oxygen atoms in total. The second kappa shape index (κ2) is 11.8. The van der Waals surface area contributed by atoms with Crippen LogP contribution in [0.15, 0.2) is 4.79 Å². The van der Waals surface area contributed by atoms with Gasteiger partial charge in [-0.25, -0.2) is 4.98 Å². The molecule has 1 saturated carbocycles. The number of aromatic nitrogens is 2. The van der Waals surface area contributed by atoms with Gasteiger partial charge in [-0.3, -0.25) is 14.2 Å². The van der Waals surface area contributed by atoms with E-state index in [1.54, 1.807) is 4.57 Å². The number of piperidine rings is 1. The highest BCUT2D eigenvalue weighted by molar-refractivity contribution is 8.00. The van der Waals surface area contributed by atoms with Crippen LogP contribution in [0.25, 0.3) is 0 Å². The first-order chi connectivity index (χ1) is 18.1. The maximum atomic E-state index is 13.5. The highest BCUT2D eigenvalue weighted by Crippen LogP contribution is 2.48. The van der Waals surface area contributed by atoms with Gasteiger partial charge in [0, 0.05) is 40.1 Å². The number of carboxylic acid groups (broad SMARTS) is 1. The fourth-order valence-corrected chi connectivity index (χ4v) is 9.57. The number of alkyl halides is 1. The smallest absolute Gasteiger partial charge is 0.308 e. The number of rotatable bonds is 7. The number of ether oxygens (including phenoxy) is 1. The topological polar surface area (TPSA) is 96.7 Å². The molecule has 2 aliphatic heterocycles. The zero-order chi connectivity index (χ0) is 27.1. The van der Waals surface area contributed by atoms with Gasteiger partial charge in [-0.1, -0.05) is 0 Å². The van der Waals surface area contributed by atoms with Crippen molar-refractivity contribution in [3.8, 4) is 0 Å². The minimum absolute atomic E-state index is 0.00334. The summed E-state index contributed by atoms with van der Waals surface area (Å²) in [6.07, 6.45) is 6.45. The quantitative estimate of drug-likeness (QED) is 0.486. The van der Waals surface area contributed by atoms with E-state index < -0.39 is 5.97 Å². The Morgan fingerprint density at radius 2 is 2.05 bits per heavy atom. The van der Waals surface area contributed by atoms with Crippen LogP contribution in [0.4, 0.5) is 0 Å². The van der Waals surface area contributed by atoms with Crippen LogP contribution in [-0.4, -0.2) is 86.8 Å². The number of carboxylic acids is 1. The lowest BCUT2D eigenvalue weighted by molar-refractivity contribution is -0.142. The maximum Gasteiger partial charge on any atom is 0.308 e. The van der Waals surface area contributed by atoms with Gasteiger partial charge in [0.25, 0.3) is 5.56 Å². The SMILES string of the molecule is Cc1nc2c(c(=O)n1CCOC1CCC(Cl)CC1C1CC(C)NC3C(C(=O)O)CSC13)C[C@@H](N(C)C)CC2. The van der Waals surface area contributed by atoms with Crippen molar-refractivity contribution < 1.29 is 14.6 Å². The van der Waals surface area contributed by atoms with Gasteiger partial charge in [0.15, 0.2) is 0 Å². The van der Waals surface area contributed by atoms with Crippen LogP contribution < -0.4 is 10.9 Å². The molecule has 9 atom stereocenters. The average molecular weight is 567 g/mol. The lowest BCUT2D eigenvalue weighted by atomic mass is 9.70. The number of aryl methyl sites for hydroxylation is 2. The van der Waals surface area contributed by atoms with E-state index in [4.69, 9.17) is 21.3 Å². The minimum Gasteiger partial charge on any atom is -0.481 e. The molecule has 38 heavy (non-hydrogen) atoms. The monoisotopic (exact) mass is 566 g/mol. The Kier molecular flexibility index (Phi) is 8.80. The standard InChI is InChI=1S/C28H43ClN4O4S/c1-15-11-20(26-25(30-15)22(14-38-26)28(35)36)19-12-17(29)5-8-24(19)37-10-9-33-16(2)31-23-7-6-18(32(3)4)13-21(23)27(33)34/h15,17-20,22,24-26,30H,5-14H2,1-4H3,(H,35,36)/t15?,17?,18-,19?,20?,22?,24?,25?,26?/m0/s1. The second-order valence-corrected chi connectivity index (χ2v) is 13.9. The van der Waals surface area contributed by atoms with E-state index in [2.05, 4.69) is 31.2 Å². The van der Waals surface area contributed by atoms with Crippen molar-refractivity contribution in [2.45, 2.75) is 100 Å². The van der Waals surface area contributed by atoms with Crippen LogP contribution in [0.5, 0.6) is 0 Å². The maximum absolute atomic E-state index is 13.5. The van der Waals surface area contributed by atoms with Gasteiger partial charge in [0.2, 0.25) is 0 Å². The molecule has 0 bridgehead atoms. The van der Waals surface area contributed by atoms with Crippen molar-refractivity contribution in [3.05, 3.63) is 27.4 Å². The molecule has 2 saturated heterocycles. The predicted octanol–water partition coefficient (Wildman–Crippen LogP) is 2.95. The minimum atomic E-state index is -0.701. The largest absolute Gasteiger partial charge is 0.481 e. The van der Waals surface area contributed by atoms with E-state index in [0.717, 1.165) is 62.0 Å². The van der Waals surface area contributed by atoms with Crippen molar-refractivity contribution in [1.29, 1.82) is 0 Å². The van der Waals surface area contributed by atoms with Gasteiger partial charge in [-0.15, -0.1) is 11.6 Å². The number of fused-ring (bicyclic) bond motifs is 2. The molecule has 212 valence electrons. The van der Waals surface area contributed by atoms with Gasteiger partial charge in [-0.2, -0.15) is 11.8 Å². The number of carbonyl (C=O) groups is 1. The highest BCUT2D eigenvalue weighted by atomic mass is 35.5.